The summed E-state index contributed by atoms with van der Waals surface area (Å²) in [7, 11) is 0. The van der Waals surface area contributed by atoms with E-state index in [1.165, 1.54) is 11.3 Å². The first kappa shape index (κ1) is 17.8. The monoisotopic (exact) mass is 375 g/mol. The molecule has 0 radical (unpaired) electrons. The number of nitrogens with one attached hydrogen (secondary N) is 1. The van der Waals surface area contributed by atoms with E-state index >= 15 is 0 Å². The Labute approximate surface area is 148 Å². The SMILES string of the molecule is Cl.NCc1nc(C(=O)NCc2cc(Cl)c3c(c2)OCCO3)cs1. The Morgan fingerprint density at radius 3 is 2.91 bits per heavy atom. The van der Waals surface area contributed by atoms with Crippen LogP contribution in [0.1, 0.15) is 21.1 Å². The Morgan fingerprint density at radius 2 is 2.17 bits per heavy atom. The summed E-state index contributed by atoms with van der Waals surface area (Å²) in [4.78, 5) is 16.2. The van der Waals surface area contributed by atoms with Crippen molar-refractivity contribution in [2.24, 2.45) is 5.73 Å². The van der Waals surface area contributed by atoms with Crippen LogP contribution in [-0.2, 0) is 13.1 Å². The molecule has 23 heavy (non-hydrogen) atoms. The summed E-state index contributed by atoms with van der Waals surface area (Å²) in [5.41, 5.74) is 6.69. The first-order valence-corrected chi connectivity index (χ1v) is 7.94. The number of hydrogen-bond acceptors (Lipinski definition) is 6. The first-order valence-electron chi connectivity index (χ1n) is 6.68. The fourth-order valence-electron chi connectivity index (χ4n) is 2.05. The number of carbonyl (C=O) groups excluding carboxylic acids is 1. The van der Waals surface area contributed by atoms with Gasteiger partial charge in [0.1, 0.15) is 23.9 Å². The van der Waals surface area contributed by atoms with Gasteiger partial charge in [-0.15, -0.1) is 23.7 Å². The van der Waals surface area contributed by atoms with Crippen LogP contribution in [0.3, 0.4) is 0 Å². The Morgan fingerprint density at radius 1 is 1.39 bits per heavy atom. The summed E-state index contributed by atoms with van der Waals surface area (Å²) in [6.07, 6.45) is 0. The molecule has 1 aromatic heterocycles. The lowest BCUT2D eigenvalue weighted by Gasteiger charge is -2.20. The number of hydrogen-bond donors (Lipinski definition) is 2. The second-order valence-electron chi connectivity index (χ2n) is 4.62. The molecule has 0 aliphatic carbocycles. The fraction of sp³-hybridized carbons (Fsp3) is 0.286. The second kappa shape index (κ2) is 7.83. The first-order chi connectivity index (χ1) is 10.7. The fourth-order valence-corrected chi connectivity index (χ4v) is 2.99. The van der Waals surface area contributed by atoms with Gasteiger partial charge in [0.2, 0.25) is 0 Å². The molecule has 0 spiro atoms. The molecule has 1 aromatic carbocycles. The number of amides is 1. The van der Waals surface area contributed by atoms with Gasteiger partial charge in [-0.1, -0.05) is 11.6 Å². The average molecular weight is 376 g/mol. The van der Waals surface area contributed by atoms with Crippen LogP contribution in [0, 0.1) is 0 Å². The van der Waals surface area contributed by atoms with Gasteiger partial charge >= 0.3 is 0 Å². The highest BCUT2D eigenvalue weighted by atomic mass is 35.5. The van der Waals surface area contributed by atoms with Crippen LogP contribution >= 0.6 is 35.3 Å². The van der Waals surface area contributed by atoms with Gasteiger partial charge in [0.25, 0.3) is 5.91 Å². The molecule has 2 aromatic rings. The minimum atomic E-state index is -0.248. The van der Waals surface area contributed by atoms with Gasteiger partial charge < -0.3 is 20.5 Å². The molecule has 0 atom stereocenters. The predicted octanol–water partition coefficient (Wildman–Crippen LogP) is 2.38. The van der Waals surface area contributed by atoms with Crippen molar-refractivity contribution in [3.05, 3.63) is 38.8 Å². The third kappa shape index (κ3) is 4.06. The average Bonchev–Trinajstić information content (AvgIpc) is 3.02. The standard InChI is InChI=1S/C14H14ClN3O3S.ClH/c15-9-3-8(4-11-13(9)21-2-1-20-11)6-17-14(19)10-7-22-12(5-16)18-10;/h3-4,7H,1-2,5-6,16H2,(H,17,19);1H. The zero-order valence-electron chi connectivity index (χ0n) is 12.0. The van der Waals surface area contributed by atoms with Crippen molar-refractivity contribution in [3.8, 4) is 11.5 Å². The zero-order valence-corrected chi connectivity index (χ0v) is 14.4. The molecule has 3 N–H and O–H groups in total. The minimum Gasteiger partial charge on any atom is -0.486 e. The van der Waals surface area contributed by atoms with E-state index < -0.39 is 0 Å². The number of nitrogens with two attached hydrogens (primary N) is 1. The maximum atomic E-state index is 12.0. The van der Waals surface area contributed by atoms with Crippen LogP contribution in [-0.4, -0.2) is 24.1 Å². The quantitative estimate of drug-likeness (QED) is 0.856. The van der Waals surface area contributed by atoms with Crippen LogP contribution in [0.25, 0.3) is 0 Å². The van der Waals surface area contributed by atoms with Gasteiger partial charge in [-0.3, -0.25) is 4.79 Å². The molecular formula is C14H15Cl2N3O3S. The predicted molar refractivity (Wildman–Crippen MR) is 90.9 cm³/mol. The van der Waals surface area contributed by atoms with E-state index in [2.05, 4.69) is 10.3 Å². The molecule has 0 unspecified atom stereocenters. The maximum Gasteiger partial charge on any atom is 0.271 e. The van der Waals surface area contributed by atoms with Crippen molar-refractivity contribution < 1.29 is 14.3 Å². The smallest absolute Gasteiger partial charge is 0.271 e. The molecule has 124 valence electrons. The zero-order chi connectivity index (χ0) is 15.5. The molecule has 6 nitrogen and oxygen atoms in total. The lowest BCUT2D eigenvalue weighted by atomic mass is 10.2. The van der Waals surface area contributed by atoms with Gasteiger partial charge in [0.05, 0.1) is 5.02 Å². The van der Waals surface area contributed by atoms with Crippen molar-refractivity contribution >= 4 is 41.3 Å². The molecule has 2 heterocycles. The molecule has 0 saturated carbocycles. The number of nitrogens with zero attached hydrogens (tertiary/aromatic N) is 1. The second-order valence-corrected chi connectivity index (χ2v) is 5.96. The summed E-state index contributed by atoms with van der Waals surface area (Å²) in [6, 6.07) is 3.56. The van der Waals surface area contributed by atoms with Crippen molar-refractivity contribution in [3.63, 3.8) is 0 Å². The summed E-state index contributed by atoms with van der Waals surface area (Å²) in [5, 5.41) is 5.69. The Balaban J connectivity index is 0.00000192. The highest BCUT2D eigenvalue weighted by Gasteiger charge is 2.17. The van der Waals surface area contributed by atoms with E-state index in [1.54, 1.807) is 11.4 Å². The number of thiazole rings is 1. The molecule has 3 rings (SSSR count). The van der Waals surface area contributed by atoms with Crippen LogP contribution in [0.5, 0.6) is 11.5 Å². The number of ether oxygens (including phenoxy) is 2. The number of benzene rings is 1. The molecule has 0 bridgehead atoms. The third-order valence-corrected chi connectivity index (χ3v) is 4.22. The lowest BCUT2D eigenvalue weighted by Crippen LogP contribution is -2.23. The summed E-state index contributed by atoms with van der Waals surface area (Å²) < 4.78 is 11.0. The molecule has 0 saturated heterocycles. The largest absolute Gasteiger partial charge is 0.486 e. The van der Waals surface area contributed by atoms with Gasteiger partial charge in [-0.25, -0.2) is 4.98 Å². The van der Waals surface area contributed by atoms with Crippen molar-refractivity contribution in [1.82, 2.24) is 10.3 Å². The lowest BCUT2D eigenvalue weighted by molar-refractivity contribution is 0.0946. The van der Waals surface area contributed by atoms with E-state index in [-0.39, 0.29) is 18.3 Å². The minimum absolute atomic E-state index is 0. The summed E-state index contributed by atoms with van der Waals surface area (Å²) in [5.74, 6) is 0.902. The van der Waals surface area contributed by atoms with Gasteiger partial charge in [-0.05, 0) is 17.7 Å². The highest BCUT2D eigenvalue weighted by Crippen LogP contribution is 2.38. The molecule has 1 aliphatic heterocycles. The third-order valence-electron chi connectivity index (χ3n) is 3.07. The number of aromatic nitrogens is 1. The molecule has 1 aliphatic rings. The Hall–Kier alpha value is -1.54. The van der Waals surface area contributed by atoms with E-state index in [4.69, 9.17) is 26.8 Å². The summed E-state index contributed by atoms with van der Waals surface area (Å²) >= 11 is 7.53. The van der Waals surface area contributed by atoms with Gasteiger partial charge in [0.15, 0.2) is 11.5 Å². The maximum absolute atomic E-state index is 12.0. The molecule has 1 amide bonds. The van der Waals surface area contributed by atoms with E-state index in [0.717, 1.165) is 10.6 Å². The van der Waals surface area contributed by atoms with Crippen molar-refractivity contribution in [2.45, 2.75) is 13.1 Å². The summed E-state index contributed by atoms with van der Waals surface area (Å²) in [6.45, 7) is 1.62. The van der Waals surface area contributed by atoms with Crippen LogP contribution in [0.4, 0.5) is 0 Å². The van der Waals surface area contributed by atoms with E-state index in [0.29, 0.717) is 48.5 Å². The molecule has 9 heteroatoms. The molecule has 0 fully saturated rings. The van der Waals surface area contributed by atoms with Crippen LogP contribution < -0.4 is 20.5 Å². The van der Waals surface area contributed by atoms with E-state index in [9.17, 15) is 4.79 Å². The number of halogens is 2. The highest BCUT2D eigenvalue weighted by molar-refractivity contribution is 7.09. The number of carbonyl (C=O) groups is 1. The van der Waals surface area contributed by atoms with Gasteiger partial charge in [-0.2, -0.15) is 0 Å². The van der Waals surface area contributed by atoms with E-state index in [1.807, 2.05) is 6.07 Å². The van der Waals surface area contributed by atoms with Crippen LogP contribution in [0.15, 0.2) is 17.5 Å². The Bertz CT molecular complexity index is 709. The normalized spacial score (nSPS) is 12.4. The topological polar surface area (TPSA) is 86.5 Å². The van der Waals surface area contributed by atoms with Crippen molar-refractivity contribution in [2.75, 3.05) is 13.2 Å². The number of rotatable bonds is 4. The Kier molecular flexibility index (Phi) is 6.06. The van der Waals surface area contributed by atoms with Gasteiger partial charge in [0, 0.05) is 18.5 Å². The van der Waals surface area contributed by atoms with Crippen LogP contribution in [0.2, 0.25) is 5.02 Å². The number of fused-ring (bicyclic) bond motifs is 1. The van der Waals surface area contributed by atoms with Crippen molar-refractivity contribution in [1.29, 1.82) is 0 Å². The molecular weight excluding hydrogens is 361 g/mol.